The molecule has 0 aliphatic carbocycles. The zero-order chi connectivity index (χ0) is 24.9. The number of benzene rings is 2. The summed E-state index contributed by atoms with van der Waals surface area (Å²) in [6.07, 6.45) is -4.45. The molecule has 0 fully saturated rings. The maximum Gasteiger partial charge on any atom is 0.416 e. The Hall–Kier alpha value is -3.53. The number of amides is 1. The van der Waals surface area contributed by atoms with Crippen LogP contribution in [0, 0.1) is 0 Å². The van der Waals surface area contributed by atoms with Crippen LogP contribution in [0.15, 0.2) is 51.7 Å². The van der Waals surface area contributed by atoms with Gasteiger partial charge in [-0.25, -0.2) is 4.79 Å². The molecule has 0 radical (unpaired) electrons. The van der Waals surface area contributed by atoms with E-state index in [0.717, 1.165) is 24.3 Å². The van der Waals surface area contributed by atoms with E-state index in [0.29, 0.717) is 0 Å². The second-order valence-electron chi connectivity index (χ2n) is 6.98. The van der Waals surface area contributed by atoms with Crippen LogP contribution >= 0.6 is 11.6 Å². The van der Waals surface area contributed by atoms with Crippen molar-refractivity contribution in [2.45, 2.75) is 19.5 Å². The summed E-state index contributed by atoms with van der Waals surface area (Å²) >= 11 is 6.12. The van der Waals surface area contributed by atoms with Crippen molar-refractivity contribution in [3.05, 3.63) is 63.3 Å². The number of carbonyl (C=O) groups is 2. The molecule has 0 aliphatic heterocycles. The van der Waals surface area contributed by atoms with E-state index < -0.39 is 29.0 Å². The molecule has 0 saturated heterocycles. The van der Waals surface area contributed by atoms with Gasteiger partial charge in [0.05, 0.1) is 34.7 Å². The van der Waals surface area contributed by atoms with Gasteiger partial charge in [-0.2, -0.15) is 13.2 Å². The van der Waals surface area contributed by atoms with Crippen LogP contribution in [0.5, 0.6) is 5.75 Å². The van der Waals surface area contributed by atoms with Crippen molar-refractivity contribution in [3.63, 3.8) is 0 Å². The SMILES string of the molecule is CCOC(=O)C(=O)NCCCOc1cc(C(F)(F)F)ccc1-c1cc(=O)c2cccc(Cl)c2o1. The summed E-state index contributed by atoms with van der Waals surface area (Å²) < 4.78 is 55.6. The first kappa shape index (κ1) is 25.1. The van der Waals surface area contributed by atoms with Crippen LogP contribution in [0.2, 0.25) is 5.02 Å². The van der Waals surface area contributed by atoms with Crippen molar-refractivity contribution < 1.29 is 36.7 Å². The van der Waals surface area contributed by atoms with Gasteiger partial charge in [-0.15, -0.1) is 0 Å². The van der Waals surface area contributed by atoms with E-state index in [2.05, 4.69) is 10.1 Å². The van der Waals surface area contributed by atoms with Gasteiger partial charge in [0.15, 0.2) is 11.0 Å². The Balaban J connectivity index is 1.84. The molecule has 3 aromatic rings. The highest BCUT2D eigenvalue weighted by atomic mass is 35.5. The smallest absolute Gasteiger partial charge is 0.416 e. The Morgan fingerprint density at radius 2 is 1.91 bits per heavy atom. The van der Waals surface area contributed by atoms with Crippen LogP contribution < -0.4 is 15.5 Å². The van der Waals surface area contributed by atoms with E-state index in [-0.39, 0.29) is 59.2 Å². The fraction of sp³-hybridized carbons (Fsp3) is 0.261. The summed E-state index contributed by atoms with van der Waals surface area (Å²) in [6.45, 7) is 1.52. The summed E-state index contributed by atoms with van der Waals surface area (Å²) in [6, 6.07) is 8.54. The van der Waals surface area contributed by atoms with Crippen molar-refractivity contribution >= 4 is 34.4 Å². The molecule has 0 bridgehead atoms. The number of nitrogens with one attached hydrogen (secondary N) is 1. The highest BCUT2D eigenvalue weighted by Gasteiger charge is 2.31. The van der Waals surface area contributed by atoms with Crippen molar-refractivity contribution in [2.75, 3.05) is 19.8 Å². The van der Waals surface area contributed by atoms with Gasteiger partial charge in [0.1, 0.15) is 11.5 Å². The minimum absolute atomic E-state index is 0.0204. The normalized spacial score (nSPS) is 11.3. The number of alkyl halides is 3. The summed E-state index contributed by atoms with van der Waals surface area (Å²) in [7, 11) is 0. The predicted molar refractivity (Wildman–Crippen MR) is 118 cm³/mol. The average Bonchev–Trinajstić information content (AvgIpc) is 2.78. The van der Waals surface area contributed by atoms with Crippen molar-refractivity contribution in [2.24, 2.45) is 0 Å². The number of esters is 1. The highest BCUT2D eigenvalue weighted by Crippen LogP contribution is 2.38. The predicted octanol–water partition coefficient (Wildman–Crippen LogP) is 4.58. The molecule has 0 atom stereocenters. The topological polar surface area (TPSA) is 94.8 Å². The van der Waals surface area contributed by atoms with Gasteiger partial charge in [-0.3, -0.25) is 9.59 Å². The minimum atomic E-state index is -4.63. The van der Waals surface area contributed by atoms with E-state index in [1.807, 2.05) is 0 Å². The molecule has 0 saturated carbocycles. The van der Waals surface area contributed by atoms with Gasteiger partial charge in [-0.05, 0) is 43.7 Å². The number of rotatable bonds is 7. The monoisotopic (exact) mass is 497 g/mol. The van der Waals surface area contributed by atoms with Crippen LogP contribution in [-0.2, 0) is 20.5 Å². The Morgan fingerprint density at radius 1 is 1.15 bits per heavy atom. The van der Waals surface area contributed by atoms with Gasteiger partial charge in [0, 0.05) is 12.6 Å². The maximum absolute atomic E-state index is 13.3. The first-order chi connectivity index (χ1) is 16.1. The third-order valence-electron chi connectivity index (χ3n) is 4.61. The summed E-state index contributed by atoms with van der Waals surface area (Å²) in [4.78, 5) is 35.3. The lowest BCUT2D eigenvalue weighted by Gasteiger charge is -2.15. The lowest BCUT2D eigenvalue weighted by molar-refractivity contribution is -0.154. The summed E-state index contributed by atoms with van der Waals surface area (Å²) in [5.41, 5.74) is -1.17. The molecule has 0 unspecified atom stereocenters. The zero-order valence-electron chi connectivity index (χ0n) is 17.8. The third kappa shape index (κ3) is 5.88. The van der Waals surface area contributed by atoms with Gasteiger partial charge in [0.25, 0.3) is 0 Å². The Morgan fingerprint density at radius 3 is 2.62 bits per heavy atom. The highest BCUT2D eigenvalue weighted by molar-refractivity contribution is 6.34. The number of hydrogen-bond donors (Lipinski definition) is 1. The standard InChI is InChI=1S/C23H19ClF3NO6/c1-2-32-22(31)21(30)28-9-4-10-33-18-11-13(23(25,26)27)7-8-15(18)19-12-17(29)14-5-3-6-16(24)20(14)34-19/h3,5-8,11-12H,2,4,9-10H2,1H3,(H,28,30). The van der Waals surface area contributed by atoms with E-state index in [9.17, 15) is 27.6 Å². The number of halogens is 4. The lowest BCUT2D eigenvalue weighted by atomic mass is 10.1. The number of hydrogen-bond acceptors (Lipinski definition) is 6. The van der Waals surface area contributed by atoms with Crippen LogP contribution in [0.25, 0.3) is 22.3 Å². The molecule has 1 aromatic heterocycles. The second-order valence-corrected chi connectivity index (χ2v) is 7.39. The zero-order valence-corrected chi connectivity index (χ0v) is 18.6. The first-order valence-corrected chi connectivity index (χ1v) is 10.5. The van der Waals surface area contributed by atoms with Crippen LogP contribution in [-0.4, -0.2) is 31.6 Å². The molecule has 34 heavy (non-hydrogen) atoms. The maximum atomic E-state index is 13.3. The number of carbonyl (C=O) groups excluding carboxylic acids is 2. The second kappa shape index (κ2) is 10.6. The quantitative estimate of drug-likeness (QED) is 0.292. The molecule has 1 N–H and O–H groups in total. The van der Waals surface area contributed by atoms with Gasteiger partial charge in [-0.1, -0.05) is 17.7 Å². The molecule has 0 spiro atoms. The molecule has 7 nitrogen and oxygen atoms in total. The number of para-hydroxylation sites is 1. The summed E-state index contributed by atoms with van der Waals surface area (Å²) in [5, 5.41) is 2.72. The van der Waals surface area contributed by atoms with Crippen molar-refractivity contribution in [1.29, 1.82) is 0 Å². The molecule has 3 rings (SSSR count). The largest absolute Gasteiger partial charge is 0.493 e. The van der Waals surface area contributed by atoms with Crippen LogP contribution in [0.1, 0.15) is 18.9 Å². The lowest BCUT2D eigenvalue weighted by Crippen LogP contribution is -2.33. The van der Waals surface area contributed by atoms with Crippen LogP contribution in [0.4, 0.5) is 13.2 Å². The van der Waals surface area contributed by atoms with Gasteiger partial charge < -0.3 is 19.2 Å². The first-order valence-electron chi connectivity index (χ1n) is 10.1. The average molecular weight is 498 g/mol. The third-order valence-corrected chi connectivity index (χ3v) is 4.90. The Bertz CT molecular complexity index is 1270. The minimum Gasteiger partial charge on any atom is -0.493 e. The summed E-state index contributed by atoms with van der Waals surface area (Å²) in [5.74, 6) is -2.17. The molecular formula is C23H19ClF3NO6. The number of fused-ring (bicyclic) bond motifs is 1. The van der Waals surface area contributed by atoms with Crippen molar-refractivity contribution in [1.82, 2.24) is 5.32 Å². The molecule has 2 aromatic carbocycles. The Labute approximate surface area is 196 Å². The Kier molecular flexibility index (Phi) is 7.83. The molecule has 180 valence electrons. The molecule has 1 heterocycles. The van der Waals surface area contributed by atoms with E-state index in [1.54, 1.807) is 13.0 Å². The fourth-order valence-corrected chi connectivity index (χ4v) is 3.24. The van der Waals surface area contributed by atoms with E-state index in [4.69, 9.17) is 20.8 Å². The molecule has 11 heteroatoms. The van der Waals surface area contributed by atoms with Crippen LogP contribution in [0.3, 0.4) is 0 Å². The molecular weight excluding hydrogens is 479 g/mol. The molecule has 1 amide bonds. The number of ether oxygens (including phenoxy) is 2. The van der Waals surface area contributed by atoms with E-state index in [1.165, 1.54) is 12.1 Å². The molecule has 0 aliphatic rings. The van der Waals surface area contributed by atoms with Crippen molar-refractivity contribution in [3.8, 4) is 17.1 Å². The van der Waals surface area contributed by atoms with Gasteiger partial charge in [0.2, 0.25) is 0 Å². The fourth-order valence-electron chi connectivity index (χ4n) is 3.02. The van der Waals surface area contributed by atoms with Gasteiger partial charge >= 0.3 is 18.1 Å². The van der Waals surface area contributed by atoms with E-state index >= 15 is 0 Å².